The van der Waals surface area contributed by atoms with Crippen LogP contribution in [0.1, 0.15) is 39.5 Å². The van der Waals surface area contributed by atoms with Gasteiger partial charge in [-0.1, -0.05) is 0 Å². The zero-order valence-electron chi connectivity index (χ0n) is 13.3. The quantitative estimate of drug-likeness (QED) is 0.289. The monoisotopic (exact) mass is 428 g/mol. The van der Waals surface area contributed by atoms with Gasteiger partial charge in [0.2, 0.25) is 0 Å². The van der Waals surface area contributed by atoms with Crippen molar-refractivity contribution >= 4 is 33.5 Å². The van der Waals surface area contributed by atoms with Gasteiger partial charge in [-0.3, -0.25) is 0 Å². The summed E-state index contributed by atoms with van der Waals surface area (Å²) in [7, 11) is 4.81. The van der Waals surface area contributed by atoms with Crippen LogP contribution in [0.3, 0.4) is 0 Å². The van der Waals surface area contributed by atoms with E-state index < -0.39 is 15.6 Å². The van der Waals surface area contributed by atoms with Crippen molar-refractivity contribution in [1.82, 2.24) is 0 Å². The Morgan fingerprint density at radius 3 is 1.43 bits per heavy atom. The van der Waals surface area contributed by atoms with E-state index in [-0.39, 0.29) is 0 Å². The molecule has 0 unspecified atom stereocenters. The van der Waals surface area contributed by atoms with Crippen molar-refractivity contribution in [3.05, 3.63) is 48.6 Å². The van der Waals surface area contributed by atoms with E-state index in [0.29, 0.717) is 0 Å². The van der Waals surface area contributed by atoms with Crippen LogP contribution in [-0.4, -0.2) is 27.1 Å². The van der Waals surface area contributed by atoms with Gasteiger partial charge in [0.05, 0.1) is 0 Å². The summed E-state index contributed by atoms with van der Waals surface area (Å²) >= 11 is -2.42. The third kappa shape index (κ3) is 4.71. The van der Waals surface area contributed by atoms with Gasteiger partial charge in [-0.25, -0.2) is 0 Å². The summed E-state index contributed by atoms with van der Waals surface area (Å²) in [6.45, 7) is 4.62. The van der Waals surface area contributed by atoms with Crippen molar-refractivity contribution in [3.8, 4) is 0 Å². The number of hydrogen-bond acceptors (Lipinski definition) is 2. The van der Waals surface area contributed by atoms with Crippen molar-refractivity contribution in [2.75, 3.05) is 11.5 Å². The van der Waals surface area contributed by atoms with Crippen LogP contribution in [0.4, 0.5) is 0 Å². The van der Waals surface area contributed by atoms with E-state index in [2.05, 4.69) is 80.3 Å². The van der Waals surface area contributed by atoms with Gasteiger partial charge in [0.25, 0.3) is 0 Å². The third-order valence-electron chi connectivity index (χ3n) is 4.08. The zero-order chi connectivity index (χ0) is 15.0. The molecule has 0 amide bonds. The van der Waals surface area contributed by atoms with E-state index in [1.807, 2.05) is 0 Å². The second-order valence-electron chi connectivity index (χ2n) is 5.72. The molecule has 0 N–H and O–H groups in total. The molecule has 2 rings (SSSR count). The molecule has 0 spiro atoms. The average Bonchev–Trinajstić information content (AvgIpc) is 3.19. The Kier molecular flexibility index (Phi) is 8.11. The first kappa shape index (κ1) is 17.8. The van der Waals surface area contributed by atoms with E-state index in [4.69, 9.17) is 0 Å². The fourth-order valence-corrected chi connectivity index (χ4v) is 35.2. The molecule has 0 aromatic rings. The summed E-state index contributed by atoms with van der Waals surface area (Å²) in [4.78, 5) is 0. The molecular formula is C18H28S2Sn. The fraction of sp³-hybridized carbons (Fsp3) is 0.556. The molecule has 0 saturated heterocycles. The van der Waals surface area contributed by atoms with Crippen LogP contribution >= 0.6 is 17.9 Å². The summed E-state index contributed by atoms with van der Waals surface area (Å²) < 4.78 is 1.53. The maximum atomic E-state index is 2.49. The summed E-state index contributed by atoms with van der Waals surface area (Å²) in [6.07, 6.45) is 24.5. The maximum absolute atomic E-state index is 2.49. The van der Waals surface area contributed by atoms with Crippen molar-refractivity contribution in [2.24, 2.45) is 0 Å². The van der Waals surface area contributed by atoms with E-state index in [9.17, 15) is 0 Å². The van der Waals surface area contributed by atoms with E-state index in [1.54, 1.807) is 0 Å². The predicted molar refractivity (Wildman–Crippen MR) is 105 cm³/mol. The SMILES string of the molecule is CCCC[S][Sn]([S]CCCC)([CH]1C=CC=C1)[CH]1C=CC=C1. The Morgan fingerprint density at radius 2 is 1.10 bits per heavy atom. The van der Waals surface area contributed by atoms with Gasteiger partial charge in [0.15, 0.2) is 0 Å². The van der Waals surface area contributed by atoms with Crippen molar-refractivity contribution in [3.63, 3.8) is 0 Å². The number of unbranched alkanes of at least 4 members (excludes halogenated alkanes) is 2. The summed E-state index contributed by atoms with van der Waals surface area (Å²) in [5.74, 6) is 2.73. The van der Waals surface area contributed by atoms with Gasteiger partial charge in [0.1, 0.15) is 0 Å². The van der Waals surface area contributed by atoms with Gasteiger partial charge in [-0.05, 0) is 0 Å². The number of rotatable bonds is 10. The summed E-state index contributed by atoms with van der Waals surface area (Å²) in [5, 5.41) is 0. The van der Waals surface area contributed by atoms with Gasteiger partial charge in [-0.15, -0.1) is 0 Å². The van der Waals surface area contributed by atoms with E-state index in [0.717, 1.165) is 7.87 Å². The molecule has 116 valence electrons. The van der Waals surface area contributed by atoms with Crippen molar-refractivity contribution in [1.29, 1.82) is 0 Å². The Hall–Kier alpha value is 0.459. The summed E-state index contributed by atoms with van der Waals surface area (Å²) in [6, 6.07) is 0. The normalized spacial score (nSPS) is 18.4. The van der Waals surface area contributed by atoms with Crippen LogP contribution in [0.5, 0.6) is 0 Å². The van der Waals surface area contributed by atoms with Crippen LogP contribution < -0.4 is 0 Å². The summed E-state index contributed by atoms with van der Waals surface area (Å²) in [5.41, 5.74) is 0. The molecule has 0 aromatic heterocycles. The second-order valence-corrected chi connectivity index (χ2v) is 30.8. The Labute approximate surface area is 140 Å². The number of allylic oxidation sites excluding steroid dienone is 8. The second kappa shape index (κ2) is 9.56. The van der Waals surface area contributed by atoms with Crippen LogP contribution in [0, 0.1) is 0 Å². The fourth-order valence-electron chi connectivity index (χ4n) is 2.80. The van der Waals surface area contributed by atoms with Crippen LogP contribution in [0.25, 0.3) is 0 Å². The zero-order valence-corrected chi connectivity index (χ0v) is 17.8. The number of hydrogen-bond donors (Lipinski definition) is 0. The van der Waals surface area contributed by atoms with Crippen molar-refractivity contribution in [2.45, 2.75) is 47.4 Å². The van der Waals surface area contributed by atoms with Crippen LogP contribution in [-0.2, 0) is 0 Å². The molecular weight excluding hydrogens is 399 g/mol. The molecule has 2 aliphatic carbocycles. The Morgan fingerprint density at radius 1 is 0.714 bits per heavy atom. The average molecular weight is 427 g/mol. The van der Waals surface area contributed by atoms with Gasteiger partial charge in [-0.2, -0.15) is 0 Å². The topological polar surface area (TPSA) is 0 Å². The molecule has 2 aliphatic rings. The minimum atomic E-state index is -2.42. The van der Waals surface area contributed by atoms with Crippen LogP contribution in [0.15, 0.2) is 48.6 Å². The van der Waals surface area contributed by atoms with Gasteiger partial charge >= 0.3 is 141 Å². The molecule has 0 fully saturated rings. The first-order chi connectivity index (χ1) is 10.3. The molecule has 0 aliphatic heterocycles. The molecule has 0 saturated carbocycles. The standard InChI is InChI=1S/2C5H5.2C4H10S.Sn/c2*1-2-4-5-3-1;2*1-2-3-4-5;/h2*1-5H;2*5H,2-4H2,1H3;/q;;;;+2/p-2. The van der Waals surface area contributed by atoms with Crippen LogP contribution in [0.2, 0.25) is 7.87 Å². The molecule has 0 atom stereocenters. The molecule has 0 bridgehead atoms. The Bertz CT molecular complexity index is 359. The Balaban J connectivity index is 2.17. The molecule has 21 heavy (non-hydrogen) atoms. The molecule has 3 heteroatoms. The third-order valence-corrected chi connectivity index (χ3v) is 36.7. The molecule has 0 nitrogen and oxygen atoms in total. The van der Waals surface area contributed by atoms with Gasteiger partial charge in [0, 0.05) is 0 Å². The first-order valence-electron chi connectivity index (χ1n) is 8.31. The van der Waals surface area contributed by atoms with Gasteiger partial charge < -0.3 is 0 Å². The predicted octanol–water partition coefficient (Wildman–Crippen LogP) is 6.49. The molecule has 0 aromatic carbocycles. The van der Waals surface area contributed by atoms with E-state index >= 15 is 0 Å². The first-order valence-corrected chi connectivity index (χ1v) is 20.6. The minimum absolute atomic E-state index is 0.764. The van der Waals surface area contributed by atoms with Crippen molar-refractivity contribution < 1.29 is 0 Å². The molecule has 0 heterocycles. The van der Waals surface area contributed by atoms with E-state index in [1.165, 1.54) is 37.2 Å². The molecule has 0 radical (unpaired) electrons.